The van der Waals surface area contributed by atoms with Crippen LogP contribution in [0.4, 0.5) is 17.1 Å². The predicted octanol–water partition coefficient (Wildman–Crippen LogP) is 6.53. The van der Waals surface area contributed by atoms with E-state index in [1.54, 1.807) is 0 Å². The van der Waals surface area contributed by atoms with E-state index in [-0.39, 0.29) is 55.9 Å². The fourth-order valence-electron chi connectivity index (χ4n) is 5.57. The van der Waals surface area contributed by atoms with Crippen LogP contribution in [0.3, 0.4) is 0 Å². The maximum atomic E-state index is 14.2. The van der Waals surface area contributed by atoms with Crippen LogP contribution in [-0.4, -0.2) is 23.6 Å². The average Bonchev–Trinajstić information content (AvgIpc) is 3.07. The van der Waals surface area contributed by atoms with Crippen LogP contribution in [0.1, 0.15) is 52.6 Å². The van der Waals surface area contributed by atoms with E-state index < -0.39 is 23.6 Å². The lowest BCUT2D eigenvalue weighted by molar-refractivity contribution is 0.0871. The minimum Gasteiger partial charge on any atom is -0.456 e. The molecule has 2 aliphatic heterocycles. The first kappa shape index (κ1) is 26.8. The smallest absolute Gasteiger partial charge is 0.269 e. The second-order valence-electron chi connectivity index (χ2n) is 10.1. The minimum atomic E-state index is -0.746. The summed E-state index contributed by atoms with van der Waals surface area (Å²) in [7, 11) is 0. The topological polar surface area (TPSA) is 136 Å². The zero-order chi connectivity index (χ0) is 31.4. The number of benzene rings is 5. The van der Waals surface area contributed by atoms with Gasteiger partial charge in [-0.3, -0.25) is 19.2 Å². The van der Waals surface area contributed by atoms with E-state index in [0.29, 0.717) is 16.8 Å². The van der Waals surface area contributed by atoms with Gasteiger partial charge in [0.1, 0.15) is 11.5 Å². The highest BCUT2D eigenvalue weighted by Crippen LogP contribution is 2.45. The van der Waals surface area contributed by atoms with Gasteiger partial charge in [-0.25, -0.2) is 14.6 Å². The van der Waals surface area contributed by atoms with Gasteiger partial charge in [-0.15, -0.1) is 0 Å². The van der Waals surface area contributed by atoms with Crippen LogP contribution >= 0.6 is 0 Å². The molecule has 2 heterocycles. The molecule has 0 bridgehead atoms. The molecule has 5 aromatic rings. The number of hydrogen-bond acceptors (Lipinski definition) is 7. The molecule has 45 heavy (non-hydrogen) atoms. The Morgan fingerprint density at radius 1 is 0.600 bits per heavy atom. The van der Waals surface area contributed by atoms with Crippen molar-refractivity contribution in [3.05, 3.63) is 136 Å². The van der Waals surface area contributed by atoms with Crippen molar-refractivity contribution in [1.29, 1.82) is 10.5 Å². The first-order valence-electron chi connectivity index (χ1n) is 13.4. The molecule has 0 aliphatic carbocycles. The molecule has 2 aliphatic rings. The maximum absolute atomic E-state index is 14.2. The molecule has 10 heteroatoms. The van der Waals surface area contributed by atoms with Crippen molar-refractivity contribution in [2.24, 2.45) is 0 Å². The number of carbonyl (C=O) groups excluding carboxylic acids is 4. The summed E-state index contributed by atoms with van der Waals surface area (Å²) >= 11 is 0. The quantitative estimate of drug-likeness (QED) is 0.173. The number of rotatable bonds is 4. The van der Waals surface area contributed by atoms with Gasteiger partial charge in [0, 0.05) is 27.6 Å². The second kappa shape index (κ2) is 10.0. The Morgan fingerprint density at radius 2 is 1.09 bits per heavy atom. The number of hydrogen-bond donors (Lipinski definition) is 0. The van der Waals surface area contributed by atoms with Gasteiger partial charge in [0.25, 0.3) is 23.6 Å². The molecule has 4 amide bonds. The van der Waals surface area contributed by atoms with Crippen LogP contribution in [0.2, 0.25) is 0 Å². The minimum absolute atomic E-state index is 0.0313. The Hall–Kier alpha value is -7.09. The third kappa shape index (κ3) is 4.01. The molecular formula is C35H15N5O5. The van der Waals surface area contributed by atoms with Crippen LogP contribution in [0, 0.1) is 29.2 Å². The van der Waals surface area contributed by atoms with Crippen molar-refractivity contribution in [3.8, 4) is 23.6 Å². The number of nitrogens with zero attached hydrogens (tertiary/aromatic N) is 5. The lowest BCUT2D eigenvalue weighted by Gasteiger charge is -2.33. The summed E-state index contributed by atoms with van der Waals surface area (Å²) in [6.45, 7) is 7.23. The zero-order valence-electron chi connectivity index (χ0n) is 22.9. The third-order valence-corrected chi connectivity index (χ3v) is 7.67. The van der Waals surface area contributed by atoms with E-state index in [9.17, 15) is 29.7 Å². The van der Waals surface area contributed by atoms with Gasteiger partial charge in [-0.2, -0.15) is 10.5 Å². The zero-order valence-corrected chi connectivity index (χ0v) is 22.9. The molecule has 0 fully saturated rings. The van der Waals surface area contributed by atoms with E-state index in [4.69, 9.17) is 11.3 Å². The van der Waals surface area contributed by atoms with Gasteiger partial charge in [0.15, 0.2) is 5.69 Å². The average molecular weight is 586 g/mol. The molecular weight excluding hydrogens is 570 g/mol. The van der Waals surface area contributed by atoms with Crippen molar-refractivity contribution in [2.75, 3.05) is 9.80 Å². The Bertz CT molecular complexity index is 2290. The molecule has 210 valence electrons. The summed E-state index contributed by atoms with van der Waals surface area (Å²) in [4.78, 5) is 61.3. The van der Waals surface area contributed by atoms with Gasteiger partial charge < -0.3 is 4.74 Å². The molecule has 0 aromatic heterocycles. The Kier molecular flexibility index (Phi) is 5.97. The van der Waals surface area contributed by atoms with Gasteiger partial charge in [-0.05, 0) is 78.9 Å². The Balaban J connectivity index is 1.47. The number of carbonyl (C=O) groups is 4. The molecule has 0 saturated carbocycles. The van der Waals surface area contributed by atoms with Gasteiger partial charge >= 0.3 is 0 Å². The summed E-state index contributed by atoms with van der Waals surface area (Å²) in [6, 6.07) is 26.3. The van der Waals surface area contributed by atoms with E-state index in [1.807, 2.05) is 12.1 Å². The second-order valence-corrected chi connectivity index (χ2v) is 10.1. The van der Waals surface area contributed by atoms with Gasteiger partial charge in [-0.1, -0.05) is 12.1 Å². The number of nitriles is 2. The normalized spacial score (nSPS) is 13.4. The molecule has 10 nitrogen and oxygen atoms in total. The van der Waals surface area contributed by atoms with Crippen LogP contribution in [0.25, 0.3) is 15.6 Å². The molecule has 0 radical (unpaired) electrons. The molecule has 0 spiro atoms. The van der Waals surface area contributed by atoms with Crippen LogP contribution < -0.4 is 14.5 Å². The Labute approximate surface area is 254 Å². The SMILES string of the molecule is [C-]#[N+]c1ccc(N2C(=O)c3ccc4c5c(cc(Oc6ccc(C#N)cc6)c(c35)C2=O)C(=O)N(c2ccc(C#N)cc2)C4=O)cc1. The molecule has 0 unspecified atom stereocenters. The summed E-state index contributed by atoms with van der Waals surface area (Å²) in [5, 5.41) is 18.7. The van der Waals surface area contributed by atoms with E-state index in [1.165, 1.54) is 91.0 Å². The van der Waals surface area contributed by atoms with Crippen LogP contribution in [0.5, 0.6) is 11.5 Å². The summed E-state index contributed by atoms with van der Waals surface area (Å²) in [5.41, 5.74) is 1.70. The lowest BCUT2D eigenvalue weighted by atomic mass is 9.85. The fourth-order valence-corrected chi connectivity index (χ4v) is 5.57. The summed E-state index contributed by atoms with van der Waals surface area (Å²) in [6.07, 6.45) is 0. The van der Waals surface area contributed by atoms with Crippen molar-refractivity contribution in [2.45, 2.75) is 0 Å². The summed E-state index contributed by atoms with van der Waals surface area (Å²) < 4.78 is 6.18. The molecule has 0 N–H and O–H groups in total. The molecule has 5 aromatic carbocycles. The lowest BCUT2D eigenvalue weighted by Crippen LogP contribution is -2.43. The monoisotopic (exact) mass is 585 g/mol. The largest absolute Gasteiger partial charge is 0.456 e. The highest BCUT2D eigenvalue weighted by atomic mass is 16.5. The number of ether oxygens (including phenoxy) is 1. The predicted molar refractivity (Wildman–Crippen MR) is 161 cm³/mol. The number of imide groups is 2. The first-order valence-corrected chi connectivity index (χ1v) is 13.4. The van der Waals surface area contributed by atoms with Crippen LogP contribution in [-0.2, 0) is 0 Å². The number of amides is 4. The maximum Gasteiger partial charge on any atom is 0.269 e. The van der Waals surface area contributed by atoms with E-state index >= 15 is 0 Å². The van der Waals surface area contributed by atoms with Crippen molar-refractivity contribution in [3.63, 3.8) is 0 Å². The van der Waals surface area contributed by atoms with E-state index in [2.05, 4.69) is 4.85 Å². The van der Waals surface area contributed by atoms with Crippen molar-refractivity contribution in [1.82, 2.24) is 0 Å². The number of anilines is 2. The fraction of sp³-hybridized carbons (Fsp3) is 0. The molecule has 0 saturated heterocycles. The Morgan fingerprint density at radius 3 is 1.64 bits per heavy atom. The third-order valence-electron chi connectivity index (χ3n) is 7.67. The van der Waals surface area contributed by atoms with Crippen molar-refractivity contribution < 1.29 is 23.9 Å². The van der Waals surface area contributed by atoms with Crippen LogP contribution in [0.15, 0.2) is 91.0 Å². The highest BCUT2D eigenvalue weighted by molar-refractivity contribution is 6.42. The van der Waals surface area contributed by atoms with E-state index in [0.717, 1.165) is 9.80 Å². The molecule has 0 atom stereocenters. The summed E-state index contributed by atoms with van der Waals surface area (Å²) in [5.74, 6) is -2.57. The standard InChI is InChI=1S/C35H15N5O5/c1-38-21-6-10-23(11-7-21)40-33(42)26-15-14-25-29-27(34(43)39(32(25)41)22-8-2-19(17-36)3-9-22)16-28(31(30(26)29)35(40)44)45-24-12-4-20(18-37)5-13-24/h2-16H. The first-order chi connectivity index (χ1) is 21.8. The molecule has 7 rings (SSSR count). The highest BCUT2D eigenvalue weighted by Gasteiger charge is 2.42. The van der Waals surface area contributed by atoms with Gasteiger partial charge in [0.05, 0.1) is 46.7 Å². The van der Waals surface area contributed by atoms with Crippen molar-refractivity contribution >= 4 is 51.5 Å². The van der Waals surface area contributed by atoms with Gasteiger partial charge in [0.2, 0.25) is 0 Å².